The van der Waals surface area contributed by atoms with Crippen LogP contribution in [0.25, 0.3) is 0 Å². The Morgan fingerprint density at radius 2 is 1.68 bits per heavy atom. The van der Waals surface area contributed by atoms with E-state index in [-0.39, 0.29) is 0 Å². The van der Waals surface area contributed by atoms with Gasteiger partial charge in [-0.05, 0) is 61.5 Å². The SMILES string of the molecule is Clc1cccc(Cl)c1NC1CC2CC1C1CCCC21. The highest BCUT2D eigenvalue weighted by atomic mass is 35.5. The van der Waals surface area contributed by atoms with E-state index in [1.807, 2.05) is 18.2 Å². The van der Waals surface area contributed by atoms with Crippen LogP contribution in [-0.2, 0) is 0 Å². The topological polar surface area (TPSA) is 12.0 Å². The number of anilines is 1. The van der Waals surface area contributed by atoms with Crippen LogP contribution in [0.3, 0.4) is 0 Å². The number of benzene rings is 1. The van der Waals surface area contributed by atoms with Gasteiger partial charge in [0.15, 0.2) is 0 Å². The molecule has 5 unspecified atom stereocenters. The molecule has 0 saturated heterocycles. The van der Waals surface area contributed by atoms with Gasteiger partial charge in [0.2, 0.25) is 0 Å². The van der Waals surface area contributed by atoms with Gasteiger partial charge in [0.1, 0.15) is 0 Å². The number of fused-ring (bicyclic) bond motifs is 5. The molecule has 0 radical (unpaired) electrons. The first-order chi connectivity index (χ1) is 9.24. The van der Waals surface area contributed by atoms with E-state index in [4.69, 9.17) is 23.2 Å². The Morgan fingerprint density at radius 1 is 0.947 bits per heavy atom. The van der Waals surface area contributed by atoms with E-state index >= 15 is 0 Å². The molecule has 3 fully saturated rings. The van der Waals surface area contributed by atoms with Crippen molar-refractivity contribution in [3.8, 4) is 0 Å². The fourth-order valence-electron chi connectivity index (χ4n) is 5.06. The van der Waals surface area contributed by atoms with Crippen LogP contribution in [0.4, 0.5) is 5.69 Å². The first kappa shape index (κ1) is 12.3. The summed E-state index contributed by atoms with van der Waals surface area (Å²) in [5.74, 6) is 3.81. The fourth-order valence-corrected chi connectivity index (χ4v) is 5.56. The standard InChI is InChI=1S/C16H19Cl2N/c17-13-5-2-6-14(18)16(13)19-15-8-9-7-12(15)11-4-1-3-10(9)11/h2,5-6,9-12,15,19H,1,3-4,7-8H2. The lowest BCUT2D eigenvalue weighted by Gasteiger charge is -2.33. The van der Waals surface area contributed by atoms with Gasteiger partial charge in [-0.15, -0.1) is 0 Å². The minimum atomic E-state index is 0.585. The zero-order valence-electron chi connectivity index (χ0n) is 10.9. The van der Waals surface area contributed by atoms with E-state index in [0.717, 1.165) is 39.4 Å². The summed E-state index contributed by atoms with van der Waals surface area (Å²) in [6.07, 6.45) is 7.11. The van der Waals surface area contributed by atoms with Crippen molar-refractivity contribution in [2.45, 2.75) is 38.1 Å². The van der Waals surface area contributed by atoms with Crippen LogP contribution in [0.1, 0.15) is 32.1 Å². The summed E-state index contributed by atoms with van der Waals surface area (Å²) in [6.45, 7) is 0. The number of para-hydroxylation sites is 1. The Kier molecular flexibility index (Phi) is 2.97. The van der Waals surface area contributed by atoms with Crippen molar-refractivity contribution in [2.24, 2.45) is 23.7 Å². The first-order valence-electron chi connectivity index (χ1n) is 7.44. The highest BCUT2D eigenvalue weighted by molar-refractivity contribution is 6.39. The van der Waals surface area contributed by atoms with E-state index in [1.165, 1.54) is 32.1 Å². The van der Waals surface area contributed by atoms with Gasteiger partial charge in [-0.2, -0.15) is 0 Å². The molecule has 0 spiro atoms. The Hall–Kier alpha value is -0.400. The van der Waals surface area contributed by atoms with E-state index in [1.54, 1.807) is 0 Å². The van der Waals surface area contributed by atoms with Gasteiger partial charge in [-0.3, -0.25) is 0 Å². The van der Waals surface area contributed by atoms with Crippen molar-refractivity contribution in [3.05, 3.63) is 28.2 Å². The third-order valence-electron chi connectivity index (χ3n) is 5.72. The van der Waals surface area contributed by atoms with Crippen molar-refractivity contribution < 1.29 is 0 Å². The second-order valence-corrected chi connectivity index (χ2v) is 7.32. The van der Waals surface area contributed by atoms with Gasteiger partial charge in [0.05, 0.1) is 15.7 Å². The first-order valence-corrected chi connectivity index (χ1v) is 8.20. The zero-order chi connectivity index (χ0) is 13.0. The molecule has 0 aliphatic heterocycles. The molecule has 19 heavy (non-hydrogen) atoms. The van der Waals surface area contributed by atoms with Crippen LogP contribution in [0.2, 0.25) is 10.0 Å². The summed E-state index contributed by atoms with van der Waals surface area (Å²) < 4.78 is 0. The lowest BCUT2D eigenvalue weighted by Crippen LogP contribution is -2.34. The number of halogens is 2. The molecule has 102 valence electrons. The average Bonchev–Trinajstić information content (AvgIpc) is 3.05. The van der Waals surface area contributed by atoms with Crippen molar-refractivity contribution >= 4 is 28.9 Å². The number of nitrogens with one attached hydrogen (secondary N) is 1. The van der Waals surface area contributed by atoms with Crippen LogP contribution < -0.4 is 5.32 Å². The second kappa shape index (κ2) is 4.56. The zero-order valence-corrected chi connectivity index (χ0v) is 12.4. The van der Waals surface area contributed by atoms with Crippen molar-refractivity contribution in [1.29, 1.82) is 0 Å². The summed E-state index contributed by atoms with van der Waals surface area (Å²) >= 11 is 12.5. The Bertz CT molecular complexity index is 481. The van der Waals surface area contributed by atoms with E-state index in [2.05, 4.69) is 5.32 Å². The predicted molar refractivity (Wildman–Crippen MR) is 80.9 cm³/mol. The molecule has 3 aliphatic carbocycles. The molecule has 1 nitrogen and oxygen atoms in total. The smallest absolute Gasteiger partial charge is 0.0721 e. The predicted octanol–water partition coefficient (Wildman–Crippen LogP) is 5.23. The lowest BCUT2D eigenvalue weighted by molar-refractivity contribution is 0.243. The molecule has 1 aromatic carbocycles. The maximum Gasteiger partial charge on any atom is 0.0721 e. The largest absolute Gasteiger partial charge is 0.380 e. The molecule has 1 N–H and O–H groups in total. The summed E-state index contributed by atoms with van der Waals surface area (Å²) in [6, 6.07) is 6.33. The molecule has 5 atom stereocenters. The quantitative estimate of drug-likeness (QED) is 0.788. The third kappa shape index (κ3) is 1.89. The lowest BCUT2D eigenvalue weighted by atomic mass is 9.79. The maximum absolute atomic E-state index is 6.27. The summed E-state index contributed by atoms with van der Waals surface area (Å²) in [5, 5.41) is 5.15. The minimum Gasteiger partial charge on any atom is -0.380 e. The summed E-state index contributed by atoms with van der Waals surface area (Å²) in [5.41, 5.74) is 0.943. The van der Waals surface area contributed by atoms with Crippen LogP contribution in [0, 0.1) is 23.7 Å². The van der Waals surface area contributed by atoms with Crippen LogP contribution in [0.15, 0.2) is 18.2 Å². The minimum absolute atomic E-state index is 0.585. The van der Waals surface area contributed by atoms with Gasteiger partial charge < -0.3 is 5.32 Å². The number of hydrogen-bond donors (Lipinski definition) is 1. The van der Waals surface area contributed by atoms with Crippen molar-refractivity contribution in [2.75, 3.05) is 5.32 Å². The highest BCUT2D eigenvalue weighted by Gasteiger charge is 2.53. The molecule has 0 heterocycles. The fraction of sp³-hybridized carbons (Fsp3) is 0.625. The molecule has 3 aliphatic rings. The van der Waals surface area contributed by atoms with Crippen LogP contribution in [-0.4, -0.2) is 6.04 Å². The van der Waals surface area contributed by atoms with E-state index in [9.17, 15) is 0 Å². The normalized spacial score (nSPS) is 39.6. The van der Waals surface area contributed by atoms with Gasteiger partial charge >= 0.3 is 0 Å². The molecular weight excluding hydrogens is 277 g/mol. The third-order valence-corrected chi connectivity index (χ3v) is 6.35. The van der Waals surface area contributed by atoms with Crippen molar-refractivity contribution in [1.82, 2.24) is 0 Å². The van der Waals surface area contributed by atoms with Gasteiger partial charge in [0.25, 0.3) is 0 Å². The summed E-state index contributed by atoms with van der Waals surface area (Å²) in [4.78, 5) is 0. The van der Waals surface area contributed by atoms with E-state index < -0.39 is 0 Å². The monoisotopic (exact) mass is 295 g/mol. The maximum atomic E-state index is 6.27. The molecule has 0 amide bonds. The molecule has 4 rings (SSSR count). The van der Waals surface area contributed by atoms with Gasteiger partial charge in [-0.25, -0.2) is 0 Å². The van der Waals surface area contributed by atoms with Crippen LogP contribution in [0.5, 0.6) is 0 Å². The molecule has 1 aromatic rings. The van der Waals surface area contributed by atoms with E-state index in [0.29, 0.717) is 6.04 Å². The summed E-state index contributed by atoms with van der Waals surface area (Å²) in [7, 11) is 0. The second-order valence-electron chi connectivity index (χ2n) is 6.50. The average molecular weight is 296 g/mol. The molecule has 3 saturated carbocycles. The van der Waals surface area contributed by atoms with Crippen LogP contribution >= 0.6 is 23.2 Å². The Balaban J connectivity index is 1.56. The molecule has 0 aromatic heterocycles. The van der Waals surface area contributed by atoms with Gasteiger partial charge in [-0.1, -0.05) is 35.7 Å². The highest BCUT2D eigenvalue weighted by Crippen LogP contribution is 2.59. The molecular formula is C16H19Cl2N. The number of rotatable bonds is 2. The Labute approximate surface area is 124 Å². The van der Waals surface area contributed by atoms with Gasteiger partial charge in [0, 0.05) is 6.04 Å². The molecule has 2 bridgehead atoms. The number of hydrogen-bond acceptors (Lipinski definition) is 1. The Morgan fingerprint density at radius 3 is 2.47 bits per heavy atom. The van der Waals surface area contributed by atoms with Crippen molar-refractivity contribution in [3.63, 3.8) is 0 Å². The molecule has 3 heteroatoms.